The number of anilines is 3. The van der Waals surface area contributed by atoms with E-state index < -0.39 is 10.8 Å². The van der Waals surface area contributed by atoms with Crippen molar-refractivity contribution in [2.24, 2.45) is 0 Å². The Hall–Kier alpha value is -10.8. The van der Waals surface area contributed by atoms with Crippen LogP contribution in [0.15, 0.2) is 286 Å². The average molecular weight is 1130 g/mol. The molecule has 12 aromatic rings. The summed E-state index contributed by atoms with van der Waals surface area (Å²) in [6.07, 6.45) is 3.62. The van der Waals surface area contributed by atoms with E-state index in [1.54, 1.807) is 24.3 Å². The zero-order valence-corrected chi connectivity index (χ0v) is 48.0. The van der Waals surface area contributed by atoms with Gasteiger partial charge in [0.25, 0.3) is 0 Å². The van der Waals surface area contributed by atoms with Gasteiger partial charge in [0, 0.05) is 39.7 Å². The van der Waals surface area contributed by atoms with Crippen LogP contribution in [-0.4, -0.2) is 0 Å². The summed E-state index contributed by atoms with van der Waals surface area (Å²) in [7, 11) is 0. The lowest BCUT2D eigenvalue weighted by Gasteiger charge is -2.37. The van der Waals surface area contributed by atoms with Gasteiger partial charge in [0.2, 0.25) is 0 Å². The molecule has 2 unspecified atom stereocenters. The molecule has 0 spiro atoms. The van der Waals surface area contributed by atoms with Crippen LogP contribution in [0.4, 0.5) is 25.8 Å². The van der Waals surface area contributed by atoms with Gasteiger partial charge in [0.1, 0.15) is 46.1 Å². The van der Waals surface area contributed by atoms with E-state index in [-0.39, 0.29) is 17.0 Å². The standard InChI is InChI=1S/C81H57F2NO3/c1-5-52-19-38-63(39-20-52)85-65-42-27-56(28-43-65)80(54-23-31-58(82)32-24-54)71-15-9-7-13-67(71)69-46-35-60(49-75(69)80)84(62-37-48-74-78(51-62)87-77-18-12-11-17-73(77)79(74,3)4)61-36-47-70-68-14-8-10-16-72(68)81(76(70)50-61,55-25-33-59(83)34-26-55)57-29-44-66(45-30-57)86-64-40-21-53(6-2)22-41-64/h5-51H,1-2H2,3-4H3. The largest absolute Gasteiger partial charge is 0.457 e. The molecule has 87 heavy (non-hydrogen) atoms. The Morgan fingerprint density at radius 2 is 0.690 bits per heavy atom. The van der Waals surface area contributed by atoms with Gasteiger partial charge in [-0.15, -0.1) is 0 Å². The fraction of sp³-hybridized carbons (Fsp3) is 0.0617. The van der Waals surface area contributed by atoms with Gasteiger partial charge in [-0.3, -0.25) is 0 Å². The number of rotatable bonds is 13. The first-order valence-corrected chi connectivity index (χ1v) is 29.3. The van der Waals surface area contributed by atoms with Crippen molar-refractivity contribution in [1.82, 2.24) is 0 Å². The zero-order valence-electron chi connectivity index (χ0n) is 48.0. The molecule has 0 aromatic heterocycles. The molecule has 12 aromatic carbocycles. The number of ether oxygens (including phenoxy) is 3. The molecule has 0 bridgehead atoms. The minimum atomic E-state index is -0.916. The molecule has 0 radical (unpaired) electrons. The third kappa shape index (κ3) is 8.54. The smallest absolute Gasteiger partial charge is 0.133 e. The Labute approximate surface area is 505 Å². The van der Waals surface area contributed by atoms with Gasteiger partial charge < -0.3 is 19.1 Å². The van der Waals surface area contributed by atoms with E-state index in [2.05, 4.69) is 171 Å². The van der Waals surface area contributed by atoms with Crippen molar-refractivity contribution in [2.75, 3.05) is 4.90 Å². The zero-order chi connectivity index (χ0) is 59.0. The first kappa shape index (κ1) is 52.9. The highest BCUT2D eigenvalue weighted by atomic mass is 19.1. The maximum absolute atomic E-state index is 15.3. The summed E-state index contributed by atoms with van der Waals surface area (Å²) in [6.45, 7) is 12.3. The fourth-order valence-electron chi connectivity index (χ4n) is 14.0. The second kappa shape index (κ2) is 20.8. The highest BCUT2D eigenvalue weighted by Crippen LogP contribution is 2.61. The SMILES string of the molecule is C=Cc1ccc(Oc2ccc(C3(c4ccc(F)cc4)c4ccccc4-c4ccc(N(c5ccc6c(c5)Oc5ccccc5C6(C)C)c5ccc6c(c5)C(c5ccc(F)cc5)(c5ccc(Oc7ccc(C=C)cc7)cc5)c5ccccc5-6)cc43)cc2)cc1. The van der Waals surface area contributed by atoms with Crippen LogP contribution in [-0.2, 0) is 16.2 Å². The number of nitrogens with zero attached hydrogens (tertiary/aromatic N) is 1. The summed E-state index contributed by atoms with van der Waals surface area (Å²) < 4.78 is 50.5. The van der Waals surface area contributed by atoms with E-state index in [0.29, 0.717) is 23.0 Å². The second-order valence-electron chi connectivity index (χ2n) is 23.1. The minimum Gasteiger partial charge on any atom is -0.457 e. The normalized spacial score (nSPS) is 16.2. The molecule has 4 nitrogen and oxygen atoms in total. The molecule has 0 saturated heterocycles. The number of fused-ring (bicyclic) bond motifs is 8. The van der Waals surface area contributed by atoms with Crippen molar-refractivity contribution in [3.05, 3.63) is 365 Å². The Kier molecular flexibility index (Phi) is 12.6. The summed E-state index contributed by atoms with van der Waals surface area (Å²) in [5.74, 6) is 3.74. The monoisotopic (exact) mass is 1130 g/mol. The van der Waals surface area contributed by atoms with Crippen LogP contribution in [0.2, 0.25) is 0 Å². The van der Waals surface area contributed by atoms with Gasteiger partial charge in [-0.2, -0.15) is 0 Å². The molecule has 2 aliphatic carbocycles. The van der Waals surface area contributed by atoms with Crippen molar-refractivity contribution in [1.29, 1.82) is 0 Å². The molecule has 0 fully saturated rings. The number of para-hydroxylation sites is 1. The summed E-state index contributed by atoms with van der Waals surface area (Å²) in [5, 5.41) is 0. The van der Waals surface area contributed by atoms with Crippen molar-refractivity contribution in [2.45, 2.75) is 30.1 Å². The predicted molar refractivity (Wildman–Crippen MR) is 348 cm³/mol. The van der Waals surface area contributed by atoms with Gasteiger partial charge in [-0.1, -0.05) is 197 Å². The van der Waals surface area contributed by atoms with E-state index in [1.165, 1.54) is 0 Å². The minimum absolute atomic E-state index is 0.318. The van der Waals surface area contributed by atoms with E-state index in [0.717, 1.165) is 118 Å². The summed E-state index contributed by atoms with van der Waals surface area (Å²) in [6, 6.07) is 91.8. The lowest BCUT2D eigenvalue weighted by atomic mass is 9.67. The molecule has 3 aliphatic rings. The molecular weight excluding hydrogens is 1070 g/mol. The first-order chi connectivity index (χ1) is 42.5. The van der Waals surface area contributed by atoms with Crippen LogP contribution in [0.5, 0.6) is 34.5 Å². The number of hydrogen-bond acceptors (Lipinski definition) is 4. The van der Waals surface area contributed by atoms with Gasteiger partial charge in [0.15, 0.2) is 0 Å². The van der Waals surface area contributed by atoms with Gasteiger partial charge in [0.05, 0.1) is 10.8 Å². The Morgan fingerprint density at radius 1 is 0.345 bits per heavy atom. The average Bonchev–Trinajstić information content (AvgIpc) is 1.59. The van der Waals surface area contributed by atoms with Crippen molar-refractivity contribution in [3.63, 3.8) is 0 Å². The molecular formula is C81H57F2NO3. The molecule has 6 heteroatoms. The first-order valence-electron chi connectivity index (χ1n) is 29.3. The van der Waals surface area contributed by atoms with Crippen molar-refractivity contribution >= 4 is 29.2 Å². The number of halogens is 2. The second-order valence-corrected chi connectivity index (χ2v) is 23.1. The van der Waals surface area contributed by atoms with Crippen LogP contribution in [0.1, 0.15) is 80.6 Å². The molecule has 2 atom stereocenters. The van der Waals surface area contributed by atoms with Crippen molar-refractivity contribution < 1.29 is 23.0 Å². The van der Waals surface area contributed by atoms with Crippen LogP contribution < -0.4 is 19.1 Å². The third-order valence-electron chi connectivity index (χ3n) is 18.1. The van der Waals surface area contributed by atoms with E-state index in [9.17, 15) is 0 Å². The lowest BCUT2D eigenvalue weighted by Crippen LogP contribution is -2.29. The molecule has 1 heterocycles. The van der Waals surface area contributed by atoms with E-state index in [4.69, 9.17) is 14.2 Å². The quantitative estimate of drug-likeness (QED) is 0.115. The van der Waals surface area contributed by atoms with E-state index >= 15 is 8.78 Å². The molecule has 1 aliphatic heterocycles. The Morgan fingerprint density at radius 3 is 1.13 bits per heavy atom. The highest BCUT2D eigenvalue weighted by molar-refractivity contribution is 5.92. The fourth-order valence-corrected chi connectivity index (χ4v) is 14.0. The van der Waals surface area contributed by atoms with Crippen LogP contribution in [0, 0.1) is 11.6 Å². The molecule has 0 N–H and O–H groups in total. The van der Waals surface area contributed by atoms with Crippen LogP contribution in [0.25, 0.3) is 34.4 Å². The highest BCUT2D eigenvalue weighted by Gasteiger charge is 2.49. The summed E-state index contributed by atoms with van der Waals surface area (Å²) in [4.78, 5) is 2.33. The van der Waals surface area contributed by atoms with Crippen molar-refractivity contribution in [3.8, 4) is 56.8 Å². The lowest BCUT2D eigenvalue weighted by molar-refractivity contribution is 0.418. The molecule has 0 amide bonds. The summed E-state index contributed by atoms with van der Waals surface area (Å²) >= 11 is 0. The molecule has 0 saturated carbocycles. The Bertz CT molecular complexity index is 4420. The molecule has 15 rings (SSSR count). The third-order valence-corrected chi connectivity index (χ3v) is 18.1. The van der Waals surface area contributed by atoms with Gasteiger partial charge >= 0.3 is 0 Å². The Balaban J connectivity index is 0.948. The number of benzene rings is 12. The predicted octanol–water partition coefficient (Wildman–Crippen LogP) is 21.5. The summed E-state index contributed by atoms with van der Waals surface area (Å²) in [5.41, 5.74) is 17.0. The van der Waals surface area contributed by atoms with Crippen LogP contribution >= 0.6 is 0 Å². The molecule has 418 valence electrons. The van der Waals surface area contributed by atoms with Crippen LogP contribution in [0.3, 0.4) is 0 Å². The maximum Gasteiger partial charge on any atom is 0.133 e. The maximum atomic E-state index is 15.3. The van der Waals surface area contributed by atoms with Gasteiger partial charge in [-0.05, 0) is 187 Å². The number of hydrogen-bond donors (Lipinski definition) is 0. The van der Waals surface area contributed by atoms with E-state index in [1.807, 2.05) is 121 Å². The van der Waals surface area contributed by atoms with Gasteiger partial charge in [-0.25, -0.2) is 8.78 Å². The topological polar surface area (TPSA) is 30.9 Å².